The van der Waals surface area contributed by atoms with Gasteiger partial charge in [0.05, 0.1) is 33.0 Å². The van der Waals surface area contributed by atoms with Gasteiger partial charge in [-0.05, 0) is 37.1 Å². The zero-order valence-corrected chi connectivity index (χ0v) is 41.0. The van der Waals surface area contributed by atoms with Crippen molar-refractivity contribution in [2.45, 2.75) is 216 Å². The Morgan fingerprint density at radius 3 is 1.16 bits per heavy atom. The van der Waals surface area contributed by atoms with E-state index in [9.17, 15) is 107 Å². The molecule has 5 heterocycles. The summed E-state index contributed by atoms with van der Waals surface area (Å²) in [6.07, 6.45) is -47.5. The van der Waals surface area contributed by atoms with Crippen LogP contribution in [0.25, 0.3) is 0 Å². The van der Waals surface area contributed by atoms with Crippen molar-refractivity contribution in [1.29, 1.82) is 0 Å². The van der Waals surface area contributed by atoms with Crippen LogP contribution < -0.4 is 10.6 Å². The molecule has 0 aromatic carbocycles. The topological polar surface area (TPSA) is 541 Å². The second kappa shape index (κ2) is 26.0. The van der Waals surface area contributed by atoms with Crippen molar-refractivity contribution < 1.29 is 161 Å². The minimum Gasteiger partial charge on any atom is -0.394 e. The molecule has 0 amide bonds. The molecule has 32 nitrogen and oxygen atoms in total. The Labute approximate surface area is 432 Å². The molecule has 1 unspecified atom stereocenters. The molecule has 32 heteroatoms. The lowest BCUT2D eigenvalue weighted by molar-refractivity contribution is -0.739. The van der Waals surface area contributed by atoms with Gasteiger partial charge in [0, 0.05) is 0 Å². The normalized spacial score (nSPS) is 52.5. The first-order valence-electron chi connectivity index (χ1n) is 24.9. The van der Waals surface area contributed by atoms with Crippen molar-refractivity contribution in [2.24, 2.45) is 0 Å². The monoisotopic (exact) mass is 1110 g/mol. The van der Waals surface area contributed by atoms with E-state index >= 15 is 0 Å². The number of nitrogens with two attached hydrogens (primary N) is 2. The first-order valence-corrected chi connectivity index (χ1v) is 24.9. The Hall–Kier alpha value is -1.80. The summed E-state index contributed by atoms with van der Waals surface area (Å²) in [6.45, 7) is -1.24. The van der Waals surface area contributed by atoms with Crippen molar-refractivity contribution in [3.05, 3.63) is 23.3 Å². The summed E-state index contributed by atoms with van der Waals surface area (Å²) < 4.78 is 51.0. The van der Waals surface area contributed by atoms with Gasteiger partial charge in [0.15, 0.2) is 31.5 Å². The van der Waals surface area contributed by atoms with Crippen LogP contribution in [0.3, 0.4) is 0 Å². The van der Waals surface area contributed by atoms with E-state index in [0.717, 1.165) is 0 Å². The molecular formula is C44H76N2O30+2. The number of ether oxygens (including phenoxy) is 9. The summed E-state index contributed by atoms with van der Waals surface area (Å²) in [5, 5.41) is 227. The molecule has 0 aromatic rings. The van der Waals surface area contributed by atoms with Crippen LogP contribution in [0, 0.1) is 0 Å². The highest BCUT2D eigenvalue weighted by Crippen LogP contribution is 2.35. The standard InChI is InChI=1S/C44H74N2O30/c1-10-19(45-14-3-12(5-47)21(52)26(57)22(14)53)24(55)32(63)41(68-10)74-38-17(8-50)71-43(34(65)29(38)60)73-36-13(6-48)4-15(23(54)27(36)58)46-20-11(2)69-42(33(64)25(20)56)75-39-18(9-51)72-44(35(66)30(39)61)76-37-16(7-49)70-40(67)31(62)28(37)59/h3-4,10-11,14-67H,5-9H2,1-2H3/p+2/t10-,11-,14-,15?,16-,17-,18-,19-,20-,21-,22+,23+,24+,25+,26+,27-,28-,29-,30-,31-,32-,33-,34-,35-,36-,37-,38-,39-,40+,41-,42-,43-,44-/m1/s1. The summed E-state index contributed by atoms with van der Waals surface area (Å²) in [4.78, 5) is 0. The van der Waals surface area contributed by atoms with Gasteiger partial charge in [0.1, 0.15) is 171 Å². The molecular weight excluding hydrogens is 1040 g/mol. The third kappa shape index (κ3) is 12.3. The fourth-order valence-corrected chi connectivity index (χ4v) is 10.8. The minimum atomic E-state index is -2.05. The average molecular weight is 1110 g/mol. The number of aliphatic hydroxyl groups is 21. The van der Waals surface area contributed by atoms with E-state index in [1.54, 1.807) is 0 Å². The molecule has 33 atom stereocenters. The predicted octanol–water partition coefficient (Wildman–Crippen LogP) is -16.0. The fraction of sp³-hybridized carbons (Fsp3) is 0.909. The second-order valence-corrected chi connectivity index (χ2v) is 20.3. The maximum absolute atomic E-state index is 11.4. The molecule has 440 valence electrons. The lowest BCUT2D eigenvalue weighted by Crippen LogP contribution is -3.02. The average Bonchev–Trinajstić information content (AvgIpc) is 3.41. The molecule has 7 aliphatic rings. The van der Waals surface area contributed by atoms with E-state index in [-0.39, 0.29) is 11.1 Å². The van der Waals surface area contributed by atoms with E-state index in [2.05, 4.69) is 0 Å². The lowest BCUT2D eigenvalue weighted by Gasteiger charge is -2.48. The second-order valence-electron chi connectivity index (χ2n) is 20.3. The molecule has 0 bridgehead atoms. The maximum atomic E-state index is 11.4. The van der Waals surface area contributed by atoms with Crippen molar-refractivity contribution in [2.75, 3.05) is 33.0 Å². The van der Waals surface area contributed by atoms with Gasteiger partial charge in [-0.25, -0.2) is 0 Å². The van der Waals surface area contributed by atoms with Crippen LogP contribution in [0.5, 0.6) is 0 Å². The number of hydrogen-bond acceptors (Lipinski definition) is 30. The Bertz CT molecular complexity index is 1910. The van der Waals surface area contributed by atoms with Crippen LogP contribution in [0.4, 0.5) is 0 Å². The van der Waals surface area contributed by atoms with Crippen LogP contribution in [0.15, 0.2) is 23.3 Å². The third-order valence-electron chi connectivity index (χ3n) is 15.4. The van der Waals surface area contributed by atoms with Crippen molar-refractivity contribution >= 4 is 0 Å². The first-order chi connectivity index (χ1) is 35.9. The number of aliphatic hydroxyl groups excluding tert-OH is 21. The van der Waals surface area contributed by atoms with Crippen molar-refractivity contribution in [1.82, 2.24) is 0 Å². The van der Waals surface area contributed by atoms with Gasteiger partial charge in [-0.15, -0.1) is 0 Å². The smallest absolute Gasteiger partial charge is 0.187 e. The Balaban J connectivity index is 0.950. The molecule has 5 saturated heterocycles. The minimum absolute atomic E-state index is 0.0126. The molecule has 5 fully saturated rings. The van der Waals surface area contributed by atoms with Crippen LogP contribution in [0.2, 0.25) is 0 Å². The highest BCUT2D eigenvalue weighted by Gasteiger charge is 2.57. The summed E-state index contributed by atoms with van der Waals surface area (Å²) in [5.41, 5.74) is -0.0987. The first kappa shape index (κ1) is 61.8. The van der Waals surface area contributed by atoms with Crippen molar-refractivity contribution in [3.8, 4) is 0 Å². The van der Waals surface area contributed by atoms with Gasteiger partial charge < -0.3 is 161 Å². The molecule has 0 aromatic heterocycles. The highest BCUT2D eigenvalue weighted by atomic mass is 16.8. The van der Waals surface area contributed by atoms with E-state index in [1.165, 1.54) is 36.6 Å². The summed E-state index contributed by atoms with van der Waals surface area (Å²) in [6, 6.07) is -4.46. The molecule has 2 aliphatic carbocycles. The van der Waals surface area contributed by atoms with Crippen molar-refractivity contribution in [3.63, 3.8) is 0 Å². The molecule has 0 spiro atoms. The van der Waals surface area contributed by atoms with Gasteiger partial charge in [-0.1, -0.05) is 0 Å². The fourth-order valence-electron chi connectivity index (χ4n) is 10.8. The lowest BCUT2D eigenvalue weighted by atomic mass is 9.86. The van der Waals surface area contributed by atoms with E-state index in [1.807, 2.05) is 0 Å². The number of quaternary nitrogens is 2. The van der Waals surface area contributed by atoms with Crippen LogP contribution in [-0.2, 0) is 42.6 Å². The highest BCUT2D eigenvalue weighted by molar-refractivity contribution is 5.21. The molecule has 5 aliphatic heterocycles. The number of rotatable bonds is 17. The Morgan fingerprint density at radius 2 is 0.737 bits per heavy atom. The maximum Gasteiger partial charge on any atom is 0.187 e. The summed E-state index contributed by atoms with van der Waals surface area (Å²) >= 11 is 0. The summed E-state index contributed by atoms with van der Waals surface area (Å²) in [7, 11) is 0. The molecule has 7 rings (SSSR count). The largest absolute Gasteiger partial charge is 0.394 e. The molecule has 0 saturated carbocycles. The quantitative estimate of drug-likeness (QED) is 0.0601. The van der Waals surface area contributed by atoms with Crippen LogP contribution >= 0.6 is 0 Å². The van der Waals surface area contributed by atoms with E-state index in [0.29, 0.717) is 0 Å². The molecule has 0 radical (unpaired) electrons. The molecule has 76 heavy (non-hydrogen) atoms. The molecule has 25 N–H and O–H groups in total. The summed E-state index contributed by atoms with van der Waals surface area (Å²) in [5.74, 6) is 0. The van der Waals surface area contributed by atoms with Gasteiger partial charge in [-0.3, -0.25) is 0 Å². The number of hydrogen-bond donors (Lipinski definition) is 23. The Morgan fingerprint density at radius 1 is 0.382 bits per heavy atom. The van der Waals surface area contributed by atoms with Gasteiger partial charge in [-0.2, -0.15) is 0 Å². The van der Waals surface area contributed by atoms with Gasteiger partial charge in [0.2, 0.25) is 0 Å². The van der Waals surface area contributed by atoms with Gasteiger partial charge in [0.25, 0.3) is 0 Å². The zero-order valence-electron chi connectivity index (χ0n) is 41.0. The van der Waals surface area contributed by atoms with Crippen LogP contribution in [-0.4, -0.2) is 342 Å². The van der Waals surface area contributed by atoms with E-state index in [4.69, 9.17) is 42.6 Å². The Kier molecular flexibility index (Phi) is 21.1. The predicted molar refractivity (Wildman–Crippen MR) is 237 cm³/mol. The van der Waals surface area contributed by atoms with Crippen LogP contribution in [0.1, 0.15) is 13.8 Å². The zero-order chi connectivity index (χ0) is 55.9. The van der Waals surface area contributed by atoms with Gasteiger partial charge >= 0.3 is 0 Å². The SMILES string of the molecule is C[C@H]1O[C@H](O[C@H]2[C@H](O)[C@@H](O)[C@@H](O[C@H]3[C@H](O)[C@@H](O)[C@@H](O)O[C@@H]3CO)O[C@@H]2CO)[C@H](O)[C@@H](O)[C@@H]1[NH2+]C1C=C(CO)[C@@H](O[C@H]2O[C@H](CO)[C@@H](O[C@H]3O[C@H](C)[C@@H]([NH2+][C@@H]4C=C(CO)[C@@H](O)[C@H](O)[C@H]4O)[C@H](O)[C@H]3O)[C@H](O)[C@H]2O)[C@H](O)[C@H]1O. The third-order valence-corrected chi connectivity index (χ3v) is 15.4. The van der Waals surface area contributed by atoms with E-state index < -0.39 is 235 Å².